The van der Waals surface area contributed by atoms with Crippen LogP contribution in [0.3, 0.4) is 0 Å². The van der Waals surface area contributed by atoms with Gasteiger partial charge in [0.2, 0.25) is 0 Å². The van der Waals surface area contributed by atoms with Crippen molar-refractivity contribution in [1.29, 1.82) is 0 Å². The van der Waals surface area contributed by atoms with Crippen molar-refractivity contribution in [2.45, 2.75) is 17.9 Å². The summed E-state index contributed by atoms with van der Waals surface area (Å²) in [5.74, 6) is -1.03. The summed E-state index contributed by atoms with van der Waals surface area (Å²) in [7, 11) is -4.12. The van der Waals surface area contributed by atoms with E-state index in [1.807, 2.05) is 10.3 Å². The fourth-order valence-corrected chi connectivity index (χ4v) is 2.64. The third-order valence-corrected chi connectivity index (χ3v) is 4.43. The van der Waals surface area contributed by atoms with E-state index in [-0.39, 0.29) is 16.3 Å². The van der Waals surface area contributed by atoms with Gasteiger partial charge in [-0.1, -0.05) is 0 Å². The minimum absolute atomic E-state index is 0.229. The van der Waals surface area contributed by atoms with Crippen molar-refractivity contribution in [3.63, 3.8) is 0 Å². The van der Waals surface area contributed by atoms with Crippen molar-refractivity contribution in [1.82, 2.24) is 10.3 Å². The molecule has 0 unspecified atom stereocenters. The lowest BCUT2D eigenvalue weighted by Crippen LogP contribution is -2.47. The molecule has 0 aliphatic carbocycles. The lowest BCUT2D eigenvalue weighted by atomic mass is 10.3. The number of hydrogen-bond donors (Lipinski definition) is 2. The molecule has 0 aliphatic rings. The molecule has 0 fully saturated rings. The number of nitro benzene ring substituents is 1. The van der Waals surface area contributed by atoms with E-state index in [4.69, 9.17) is 4.74 Å². The van der Waals surface area contributed by atoms with Crippen LogP contribution < -0.4 is 15.0 Å². The van der Waals surface area contributed by atoms with Crippen LogP contribution in [0.5, 0.6) is 5.75 Å². The maximum absolute atomic E-state index is 12.8. The average Bonchev–Trinajstić information content (AvgIpc) is 2.61. The van der Waals surface area contributed by atoms with E-state index in [1.54, 1.807) is 0 Å². The van der Waals surface area contributed by atoms with Crippen LogP contribution in [0.15, 0.2) is 53.4 Å². The molecule has 0 aromatic heterocycles. The van der Waals surface area contributed by atoms with E-state index in [0.717, 1.165) is 36.4 Å². The lowest BCUT2D eigenvalue weighted by Gasteiger charge is -2.15. The third-order valence-electron chi connectivity index (χ3n) is 3.16. The Morgan fingerprint density at radius 1 is 1.15 bits per heavy atom. The smallest absolute Gasteiger partial charge is 0.275 e. The number of amides is 1. The number of carbonyl (C=O) groups is 1. The van der Waals surface area contributed by atoms with E-state index in [2.05, 4.69) is 0 Å². The molecule has 2 rings (SSSR count). The molecule has 9 nitrogen and oxygen atoms in total. The van der Waals surface area contributed by atoms with Crippen molar-refractivity contribution >= 4 is 21.6 Å². The molecule has 2 aromatic rings. The number of nitro groups is 1. The first-order valence-corrected chi connectivity index (χ1v) is 8.66. The van der Waals surface area contributed by atoms with Gasteiger partial charge in [-0.05, 0) is 43.3 Å². The van der Waals surface area contributed by atoms with Gasteiger partial charge in [0.05, 0.1) is 9.82 Å². The fourth-order valence-electron chi connectivity index (χ4n) is 1.80. The fraction of sp³-hybridized carbons (Fsp3) is 0.133. The summed E-state index contributed by atoms with van der Waals surface area (Å²) < 4.78 is 42.2. The van der Waals surface area contributed by atoms with Crippen molar-refractivity contribution < 1.29 is 27.3 Å². The van der Waals surface area contributed by atoms with E-state index >= 15 is 0 Å². The highest BCUT2D eigenvalue weighted by molar-refractivity contribution is 7.89. The Balaban J connectivity index is 1.96. The number of benzene rings is 2. The molecule has 26 heavy (non-hydrogen) atoms. The van der Waals surface area contributed by atoms with Crippen molar-refractivity contribution in [2.75, 3.05) is 0 Å². The summed E-state index contributed by atoms with van der Waals surface area (Å²) in [6.07, 6.45) is -1.07. The minimum Gasteiger partial charge on any atom is -0.481 e. The van der Waals surface area contributed by atoms with Gasteiger partial charge >= 0.3 is 0 Å². The van der Waals surface area contributed by atoms with Crippen LogP contribution in [0.2, 0.25) is 0 Å². The molecule has 0 saturated carbocycles. The molecule has 11 heteroatoms. The normalized spacial score (nSPS) is 12.2. The maximum atomic E-state index is 12.8. The predicted octanol–water partition coefficient (Wildman–Crippen LogP) is 1.51. The number of carbonyl (C=O) groups excluding carboxylic acids is 1. The number of hydrogen-bond acceptors (Lipinski definition) is 6. The van der Waals surface area contributed by atoms with Gasteiger partial charge in [0, 0.05) is 12.1 Å². The number of non-ortho nitro benzene ring substituents is 1. The quantitative estimate of drug-likeness (QED) is 0.551. The van der Waals surface area contributed by atoms with Gasteiger partial charge in [0.25, 0.3) is 21.6 Å². The molecule has 0 heterocycles. The van der Waals surface area contributed by atoms with Gasteiger partial charge in [-0.15, -0.1) is 4.83 Å². The first-order valence-electron chi connectivity index (χ1n) is 7.17. The zero-order valence-electron chi connectivity index (χ0n) is 13.4. The Labute approximate surface area is 148 Å². The summed E-state index contributed by atoms with van der Waals surface area (Å²) in [6.45, 7) is 1.37. The van der Waals surface area contributed by atoms with Crippen LogP contribution in [-0.2, 0) is 14.8 Å². The minimum atomic E-state index is -4.12. The summed E-state index contributed by atoms with van der Waals surface area (Å²) >= 11 is 0. The van der Waals surface area contributed by atoms with Gasteiger partial charge in [-0.3, -0.25) is 20.3 Å². The Bertz CT molecular complexity index is 900. The van der Waals surface area contributed by atoms with Gasteiger partial charge in [-0.2, -0.15) is 0 Å². The standard InChI is InChI=1S/C15H14FN3O6S/c1-10(25-13-6-2-11(16)3-7-13)15(20)17-18-26(23,24)14-8-4-12(5-9-14)19(21)22/h2-10,18H,1H3,(H,17,20)/t10-/m1/s1. The van der Waals surface area contributed by atoms with Gasteiger partial charge in [-0.25, -0.2) is 12.8 Å². The Kier molecular flexibility index (Phi) is 5.85. The van der Waals surface area contributed by atoms with Crippen LogP contribution in [-0.4, -0.2) is 25.4 Å². The number of rotatable bonds is 7. The Morgan fingerprint density at radius 3 is 2.27 bits per heavy atom. The summed E-state index contributed by atoms with van der Waals surface area (Å²) in [6, 6.07) is 9.05. The molecule has 138 valence electrons. The van der Waals surface area contributed by atoms with Crippen LogP contribution >= 0.6 is 0 Å². The zero-order valence-corrected chi connectivity index (χ0v) is 14.2. The lowest BCUT2D eigenvalue weighted by molar-refractivity contribution is -0.384. The number of nitrogens with one attached hydrogen (secondary N) is 2. The van der Waals surface area contributed by atoms with E-state index in [1.165, 1.54) is 19.1 Å². The predicted molar refractivity (Wildman–Crippen MR) is 88.1 cm³/mol. The molecule has 0 saturated heterocycles. The number of hydrazine groups is 1. The maximum Gasteiger partial charge on any atom is 0.275 e. The van der Waals surface area contributed by atoms with E-state index in [9.17, 15) is 27.7 Å². The third kappa shape index (κ3) is 4.97. The molecule has 2 N–H and O–H groups in total. The second-order valence-electron chi connectivity index (χ2n) is 5.06. The summed E-state index contributed by atoms with van der Waals surface area (Å²) in [5.41, 5.74) is 1.71. The highest BCUT2D eigenvalue weighted by atomic mass is 32.2. The monoisotopic (exact) mass is 383 g/mol. The highest BCUT2D eigenvalue weighted by Gasteiger charge is 2.20. The largest absolute Gasteiger partial charge is 0.481 e. The van der Waals surface area contributed by atoms with Crippen molar-refractivity contribution in [3.8, 4) is 5.75 Å². The number of halogens is 1. The summed E-state index contributed by atoms with van der Waals surface area (Å²) in [4.78, 5) is 23.4. The molecule has 0 spiro atoms. The molecule has 2 aromatic carbocycles. The first-order chi connectivity index (χ1) is 12.2. The van der Waals surface area contributed by atoms with Gasteiger partial charge in [0.1, 0.15) is 11.6 Å². The SMILES string of the molecule is C[C@@H](Oc1ccc(F)cc1)C(=O)NNS(=O)(=O)c1ccc([N+](=O)[O-])cc1. The molecular formula is C15H14FN3O6S. The first kappa shape index (κ1) is 19.3. The van der Waals surface area contributed by atoms with Crippen LogP contribution in [0, 0.1) is 15.9 Å². The topological polar surface area (TPSA) is 128 Å². The van der Waals surface area contributed by atoms with E-state index < -0.39 is 32.8 Å². The van der Waals surface area contributed by atoms with Gasteiger partial charge < -0.3 is 4.74 Å². The zero-order chi connectivity index (χ0) is 19.3. The molecular weight excluding hydrogens is 369 g/mol. The Morgan fingerprint density at radius 2 is 1.73 bits per heavy atom. The van der Waals surface area contributed by atoms with Crippen LogP contribution in [0.1, 0.15) is 6.92 Å². The molecule has 0 radical (unpaired) electrons. The molecule has 1 amide bonds. The van der Waals surface area contributed by atoms with Crippen LogP contribution in [0.4, 0.5) is 10.1 Å². The molecule has 0 bridgehead atoms. The van der Waals surface area contributed by atoms with Crippen molar-refractivity contribution in [2.24, 2.45) is 0 Å². The number of ether oxygens (including phenoxy) is 1. The van der Waals surface area contributed by atoms with Crippen molar-refractivity contribution in [3.05, 3.63) is 64.5 Å². The number of nitrogens with zero attached hydrogens (tertiary/aromatic N) is 1. The Hall–Kier alpha value is -3.05. The van der Waals surface area contributed by atoms with E-state index in [0.29, 0.717) is 0 Å². The second kappa shape index (κ2) is 7.89. The molecule has 0 aliphatic heterocycles. The van der Waals surface area contributed by atoms with Crippen LogP contribution in [0.25, 0.3) is 0 Å². The summed E-state index contributed by atoms with van der Waals surface area (Å²) in [5, 5.41) is 10.6. The van der Waals surface area contributed by atoms with Gasteiger partial charge in [0.15, 0.2) is 6.10 Å². The highest BCUT2D eigenvalue weighted by Crippen LogP contribution is 2.15. The molecule has 1 atom stereocenters. The second-order valence-corrected chi connectivity index (χ2v) is 6.74. The number of sulfonamides is 1. The average molecular weight is 383 g/mol.